The van der Waals surface area contributed by atoms with Gasteiger partial charge in [-0.05, 0) is 56.2 Å². The van der Waals surface area contributed by atoms with Crippen molar-refractivity contribution in [3.8, 4) is 0 Å². The summed E-state index contributed by atoms with van der Waals surface area (Å²) >= 11 is 0. The Morgan fingerprint density at radius 3 is 2.38 bits per heavy atom. The smallest absolute Gasteiger partial charge is 0.243 e. The Hall–Kier alpha value is -1.64. The largest absolute Gasteiger partial charge is 0.385 e. The van der Waals surface area contributed by atoms with E-state index in [1.165, 1.54) is 23.6 Å². The second kappa shape index (κ2) is 10.4. The number of ether oxygens (including phenoxy) is 1. The minimum Gasteiger partial charge on any atom is -0.385 e. The maximum atomic E-state index is 12.6. The average molecular weight is 425 g/mol. The molecule has 1 saturated carbocycles. The van der Waals surface area contributed by atoms with Gasteiger partial charge in [0.25, 0.3) is 0 Å². The second-order valence-corrected chi connectivity index (χ2v) is 10.1. The molecule has 29 heavy (non-hydrogen) atoms. The van der Waals surface area contributed by atoms with E-state index in [0.29, 0.717) is 16.9 Å². The van der Waals surface area contributed by atoms with Gasteiger partial charge in [-0.15, -0.1) is 0 Å². The Bertz CT molecular complexity index is 772. The van der Waals surface area contributed by atoms with E-state index in [9.17, 15) is 8.42 Å². The molecule has 1 aromatic rings. The third kappa shape index (κ3) is 6.17. The molecule has 0 aromatic heterocycles. The van der Waals surface area contributed by atoms with Gasteiger partial charge in [0.1, 0.15) is 0 Å². The zero-order valence-corrected chi connectivity index (χ0v) is 19.2. The summed E-state index contributed by atoms with van der Waals surface area (Å²) in [6.45, 7) is 5.96. The summed E-state index contributed by atoms with van der Waals surface area (Å²) < 4.78 is 31.7. The molecule has 7 nitrogen and oxygen atoms in total. The van der Waals surface area contributed by atoms with Crippen LogP contribution in [-0.2, 0) is 21.3 Å². The molecule has 0 unspecified atom stereocenters. The molecule has 1 aliphatic rings. The molecule has 0 amide bonds. The molecular weight excluding hydrogens is 388 g/mol. The lowest BCUT2D eigenvalue weighted by Gasteiger charge is -2.42. The van der Waals surface area contributed by atoms with Crippen molar-refractivity contribution in [2.24, 2.45) is 10.4 Å². The summed E-state index contributed by atoms with van der Waals surface area (Å²) in [5.41, 5.74) is 1.31. The highest BCUT2D eigenvalue weighted by Crippen LogP contribution is 2.43. The number of methoxy groups -OCH3 is 1. The average Bonchev–Trinajstić information content (AvgIpc) is 2.68. The van der Waals surface area contributed by atoms with Crippen molar-refractivity contribution in [3.05, 3.63) is 29.8 Å². The summed E-state index contributed by atoms with van der Waals surface area (Å²) in [5, 5.41) is 6.74. The van der Waals surface area contributed by atoms with Crippen molar-refractivity contribution in [2.75, 3.05) is 34.4 Å². The number of hydrogen-bond acceptors (Lipinski definition) is 4. The normalized spacial score (nSPS) is 16.7. The van der Waals surface area contributed by atoms with E-state index in [-0.39, 0.29) is 6.04 Å². The number of aliphatic imine (C=N–C) groups is 1. The number of benzene rings is 1. The van der Waals surface area contributed by atoms with Crippen molar-refractivity contribution in [3.63, 3.8) is 0 Å². The number of guanidine groups is 1. The minimum absolute atomic E-state index is 0.0846. The lowest BCUT2D eigenvalue weighted by Crippen LogP contribution is -2.46. The Morgan fingerprint density at radius 1 is 1.24 bits per heavy atom. The summed E-state index contributed by atoms with van der Waals surface area (Å²) in [4.78, 5) is 4.62. The first-order valence-corrected chi connectivity index (χ1v) is 11.7. The van der Waals surface area contributed by atoms with Gasteiger partial charge >= 0.3 is 0 Å². The van der Waals surface area contributed by atoms with E-state index in [1.807, 2.05) is 26.0 Å². The van der Waals surface area contributed by atoms with Crippen LogP contribution < -0.4 is 10.6 Å². The number of hydrogen-bond donors (Lipinski definition) is 2. The third-order valence-electron chi connectivity index (χ3n) is 5.89. The van der Waals surface area contributed by atoms with Crippen LogP contribution in [0.2, 0.25) is 0 Å². The summed E-state index contributed by atoms with van der Waals surface area (Å²) in [7, 11) is 1.66. The predicted molar refractivity (Wildman–Crippen MR) is 118 cm³/mol. The predicted octanol–water partition coefficient (Wildman–Crippen LogP) is 2.59. The van der Waals surface area contributed by atoms with Crippen LogP contribution in [0.4, 0.5) is 0 Å². The van der Waals surface area contributed by atoms with Crippen molar-refractivity contribution in [1.82, 2.24) is 14.9 Å². The molecule has 164 valence electrons. The van der Waals surface area contributed by atoms with Crippen LogP contribution >= 0.6 is 0 Å². The lowest BCUT2D eigenvalue weighted by atomic mass is 9.67. The highest BCUT2D eigenvalue weighted by atomic mass is 32.2. The van der Waals surface area contributed by atoms with Crippen LogP contribution in [0.15, 0.2) is 34.2 Å². The summed E-state index contributed by atoms with van der Waals surface area (Å²) in [6.07, 6.45) is 4.79. The third-order valence-corrected chi connectivity index (χ3v) is 7.94. The lowest BCUT2D eigenvalue weighted by molar-refractivity contribution is 0.0732. The first-order chi connectivity index (χ1) is 13.7. The summed E-state index contributed by atoms with van der Waals surface area (Å²) in [6, 6.07) is 6.92. The van der Waals surface area contributed by atoms with Crippen LogP contribution in [0.1, 0.15) is 45.1 Å². The molecule has 0 aliphatic heterocycles. The van der Waals surface area contributed by atoms with Gasteiger partial charge in [0.15, 0.2) is 5.96 Å². The van der Waals surface area contributed by atoms with E-state index in [4.69, 9.17) is 4.74 Å². The van der Waals surface area contributed by atoms with Gasteiger partial charge in [0.2, 0.25) is 10.0 Å². The van der Waals surface area contributed by atoms with Crippen molar-refractivity contribution in [1.29, 1.82) is 0 Å². The zero-order chi connectivity index (χ0) is 21.5. The number of rotatable bonds is 10. The molecule has 2 N–H and O–H groups in total. The van der Waals surface area contributed by atoms with Crippen LogP contribution in [-0.4, -0.2) is 59.1 Å². The Balaban J connectivity index is 1.90. The highest BCUT2D eigenvalue weighted by molar-refractivity contribution is 7.89. The zero-order valence-electron chi connectivity index (χ0n) is 18.4. The van der Waals surface area contributed by atoms with Gasteiger partial charge in [0, 0.05) is 46.9 Å². The van der Waals surface area contributed by atoms with Crippen LogP contribution in [0.3, 0.4) is 0 Å². The molecule has 1 fully saturated rings. The molecule has 1 aromatic carbocycles. The number of nitrogens with one attached hydrogen (secondary N) is 2. The standard InChI is InChI=1S/C21H36N4O3S/c1-17(2)25(4)29(26,27)19-9-7-18(8-10-19)15-23-20(22-3)24-16-21(11-6-12-21)13-14-28-5/h7-10,17H,6,11-16H2,1-5H3,(H2,22,23,24). The monoisotopic (exact) mass is 424 g/mol. The SMILES string of the molecule is CN=C(NCc1ccc(S(=O)(=O)N(C)C(C)C)cc1)NCC1(CCOC)CCC1. The van der Waals surface area contributed by atoms with Gasteiger partial charge in [-0.2, -0.15) is 4.31 Å². The van der Waals surface area contributed by atoms with Gasteiger partial charge in [0.05, 0.1) is 4.90 Å². The molecule has 0 radical (unpaired) electrons. The van der Waals surface area contributed by atoms with Gasteiger partial charge in [-0.1, -0.05) is 18.6 Å². The molecule has 2 rings (SSSR count). The van der Waals surface area contributed by atoms with E-state index < -0.39 is 10.0 Å². The minimum atomic E-state index is -3.45. The van der Waals surface area contributed by atoms with Crippen LogP contribution in [0, 0.1) is 5.41 Å². The highest BCUT2D eigenvalue weighted by Gasteiger charge is 2.36. The first kappa shape index (κ1) is 23.6. The Morgan fingerprint density at radius 2 is 1.90 bits per heavy atom. The van der Waals surface area contributed by atoms with Crippen LogP contribution in [0.25, 0.3) is 0 Å². The van der Waals surface area contributed by atoms with Gasteiger partial charge < -0.3 is 15.4 Å². The number of sulfonamides is 1. The van der Waals surface area contributed by atoms with E-state index in [0.717, 1.165) is 31.1 Å². The molecule has 0 saturated heterocycles. The van der Waals surface area contributed by atoms with Gasteiger partial charge in [-0.25, -0.2) is 8.42 Å². The molecule has 0 bridgehead atoms. The van der Waals surface area contributed by atoms with Crippen LogP contribution in [0.5, 0.6) is 0 Å². The Labute approximate surface area is 176 Å². The van der Waals surface area contributed by atoms with Gasteiger partial charge in [-0.3, -0.25) is 4.99 Å². The van der Waals surface area contributed by atoms with Crippen molar-refractivity contribution < 1.29 is 13.2 Å². The fraction of sp³-hybridized carbons (Fsp3) is 0.667. The van der Waals surface area contributed by atoms with Crippen molar-refractivity contribution >= 4 is 16.0 Å². The Kier molecular flexibility index (Phi) is 8.48. The van der Waals surface area contributed by atoms with E-state index in [2.05, 4.69) is 15.6 Å². The fourth-order valence-electron chi connectivity index (χ4n) is 3.41. The maximum absolute atomic E-state index is 12.6. The molecule has 0 atom stereocenters. The number of nitrogens with zero attached hydrogens (tertiary/aromatic N) is 2. The van der Waals surface area contributed by atoms with E-state index >= 15 is 0 Å². The maximum Gasteiger partial charge on any atom is 0.243 e. The summed E-state index contributed by atoms with van der Waals surface area (Å²) in [5.74, 6) is 0.755. The van der Waals surface area contributed by atoms with Crippen molar-refractivity contribution in [2.45, 2.75) is 57.0 Å². The second-order valence-electron chi connectivity index (χ2n) is 8.13. The quantitative estimate of drug-likeness (QED) is 0.446. The molecule has 1 aliphatic carbocycles. The first-order valence-electron chi connectivity index (χ1n) is 10.2. The van der Waals surface area contributed by atoms with E-state index in [1.54, 1.807) is 33.3 Å². The molecule has 8 heteroatoms. The topological polar surface area (TPSA) is 83.0 Å². The fourth-order valence-corrected chi connectivity index (χ4v) is 4.78. The molecule has 0 heterocycles. The molecule has 0 spiro atoms. The molecular formula is C21H36N4O3S.